The van der Waals surface area contributed by atoms with Gasteiger partial charge in [-0.25, -0.2) is 4.79 Å². The van der Waals surface area contributed by atoms with Crippen LogP contribution in [0, 0.1) is 0 Å². The Morgan fingerprint density at radius 1 is 1.03 bits per heavy atom. The Labute approximate surface area is 183 Å². The average molecular weight is 459 g/mol. The highest BCUT2D eigenvalue weighted by molar-refractivity contribution is 5.96. The molecular formula is C18H29N5O9. The molecule has 0 bridgehead atoms. The van der Waals surface area contributed by atoms with Gasteiger partial charge in [0.05, 0.1) is 18.6 Å². The van der Waals surface area contributed by atoms with Gasteiger partial charge >= 0.3 is 11.9 Å². The lowest BCUT2D eigenvalue weighted by Crippen LogP contribution is -2.58. The minimum absolute atomic E-state index is 0.296. The van der Waals surface area contributed by atoms with Crippen molar-refractivity contribution < 1.29 is 44.1 Å². The maximum absolute atomic E-state index is 12.7. The van der Waals surface area contributed by atoms with E-state index in [1.807, 2.05) is 5.32 Å². The number of aliphatic hydroxyl groups is 1. The predicted octanol–water partition coefficient (Wildman–Crippen LogP) is -3.60. The monoisotopic (exact) mass is 459 g/mol. The molecule has 0 saturated carbocycles. The minimum atomic E-state index is -1.72. The van der Waals surface area contributed by atoms with E-state index in [0.717, 1.165) is 13.3 Å². The second kappa shape index (κ2) is 12.6. The van der Waals surface area contributed by atoms with Crippen molar-refractivity contribution in [1.29, 1.82) is 0 Å². The first kappa shape index (κ1) is 26.8. The van der Waals surface area contributed by atoms with E-state index >= 15 is 0 Å². The number of aliphatic hydroxyl groups excluding tert-OH is 1. The van der Waals surface area contributed by atoms with Crippen molar-refractivity contribution in [2.45, 2.75) is 69.3 Å². The number of hydrogen-bond donors (Lipinski definition) is 8. The Balaban J connectivity index is 2.95. The summed E-state index contributed by atoms with van der Waals surface area (Å²) in [5.74, 6) is -6.34. The summed E-state index contributed by atoms with van der Waals surface area (Å²) in [6.45, 7) is 1.73. The predicted molar refractivity (Wildman–Crippen MR) is 107 cm³/mol. The second-order valence-electron chi connectivity index (χ2n) is 7.44. The fraction of sp³-hybridized carbons (Fsp3) is 0.667. The van der Waals surface area contributed by atoms with Crippen LogP contribution in [0.4, 0.5) is 0 Å². The molecule has 0 aliphatic carbocycles. The van der Waals surface area contributed by atoms with Crippen LogP contribution in [0.2, 0.25) is 0 Å². The van der Waals surface area contributed by atoms with E-state index in [1.165, 1.54) is 0 Å². The molecule has 1 fully saturated rings. The Kier molecular flexibility index (Phi) is 10.5. The van der Waals surface area contributed by atoms with Crippen LogP contribution in [-0.4, -0.2) is 87.7 Å². The standard InChI is InChI=1S/C18H29N5O9/c1-8(24)14(18(31)32)23-17(30)11(7-12(19)25)22-16(29)10(4-5-13(26)27)21-15(28)9-3-2-6-20-9/h8-11,14,20,24H,2-7H2,1H3,(H2,19,25)(H,21,28)(H,22,29)(H,23,30)(H,26,27)(H,31,32). The molecule has 0 radical (unpaired) electrons. The average Bonchev–Trinajstić information content (AvgIpc) is 3.22. The van der Waals surface area contributed by atoms with Crippen molar-refractivity contribution >= 4 is 35.6 Å². The van der Waals surface area contributed by atoms with Crippen molar-refractivity contribution in [1.82, 2.24) is 21.3 Å². The molecule has 1 saturated heterocycles. The maximum atomic E-state index is 12.7. The summed E-state index contributed by atoms with van der Waals surface area (Å²) in [7, 11) is 0. The lowest BCUT2D eigenvalue weighted by atomic mass is 10.1. The molecule has 5 atom stereocenters. The van der Waals surface area contributed by atoms with E-state index in [0.29, 0.717) is 13.0 Å². The third-order valence-electron chi connectivity index (χ3n) is 4.74. The molecule has 1 aliphatic rings. The molecule has 0 spiro atoms. The highest BCUT2D eigenvalue weighted by Crippen LogP contribution is 2.07. The number of nitrogens with one attached hydrogen (secondary N) is 4. The van der Waals surface area contributed by atoms with Gasteiger partial charge in [-0.15, -0.1) is 0 Å². The molecule has 0 aromatic heterocycles. The second-order valence-corrected chi connectivity index (χ2v) is 7.44. The fourth-order valence-corrected chi connectivity index (χ4v) is 3.04. The first-order chi connectivity index (χ1) is 14.9. The summed E-state index contributed by atoms with van der Waals surface area (Å²) in [4.78, 5) is 71.0. The summed E-state index contributed by atoms with van der Waals surface area (Å²) in [5, 5.41) is 37.1. The number of carbonyl (C=O) groups is 6. The molecular weight excluding hydrogens is 430 g/mol. The molecule has 180 valence electrons. The number of carboxylic acid groups (broad SMARTS) is 2. The lowest BCUT2D eigenvalue weighted by molar-refractivity contribution is -0.145. The highest BCUT2D eigenvalue weighted by Gasteiger charge is 2.33. The number of nitrogens with two attached hydrogens (primary N) is 1. The van der Waals surface area contributed by atoms with Gasteiger partial charge in [0.25, 0.3) is 0 Å². The van der Waals surface area contributed by atoms with Gasteiger partial charge < -0.3 is 42.3 Å². The van der Waals surface area contributed by atoms with Gasteiger partial charge in [0.1, 0.15) is 12.1 Å². The van der Waals surface area contributed by atoms with Gasteiger partial charge in [-0.1, -0.05) is 0 Å². The summed E-state index contributed by atoms with van der Waals surface area (Å²) in [6, 6.07) is -5.22. The molecule has 1 heterocycles. The summed E-state index contributed by atoms with van der Waals surface area (Å²) in [5.41, 5.74) is 5.10. The van der Waals surface area contributed by atoms with Crippen molar-refractivity contribution in [3.05, 3.63) is 0 Å². The lowest BCUT2D eigenvalue weighted by Gasteiger charge is -2.25. The van der Waals surface area contributed by atoms with Gasteiger partial charge in [-0.2, -0.15) is 0 Å². The molecule has 9 N–H and O–H groups in total. The molecule has 0 aromatic carbocycles. The van der Waals surface area contributed by atoms with Crippen molar-refractivity contribution in [3.63, 3.8) is 0 Å². The molecule has 14 nitrogen and oxygen atoms in total. The first-order valence-corrected chi connectivity index (χ1v) is 9.97. The van der Waals surface area contributed by atoms with E-state index in [1.54, 1.807) is 0 Å². The van der Waals surface area contributed by atoms with E-state index in [4.69, 9.17) is 15.9 Å². The molecule has 14 heteroatoms. The maximum Gasteiger partial charge on any atom is 0.328 e. The molecule has 1 rings (SSSR count). The largest absolute Gasteiger partial charge is 0.481 e. The Hall–Kier alpha value is -3.26. The molecule has 5 unspecified atom stereocenters. The van der Waals surface area contributed by atoms with Crippen LogP contribution in [0.3, 0.4) is 0 Å². The Morgan fingerprint density at radius 3 is 2.12 bits per heavy atom. The number of carboxylic acids is 2. The number of primary amides is 1. The van der Waals surface area contributed by atoms with Crippen molar-refractivity contribution in [2.75, 3.05) is 6.54 Å². The number of carbonyl (C=O) groups excluding carboxylic acids is 4. The van der Waals surface area contributed by atoms with Crippen LogP contribution in [-0.2, 0) is 28.8 Å². The van der Waals surface area contributed by atoms with Crippen LogP contribution in [0.1, 0.15) is 39.0 Å². The van der Waals surface area contributed by atoms with Gasteiger partial charge in [-0.3, -0.25) is 24.0 Å². The van der Waals surface area contributed by atoms with Gasteiger partial charge in [0.15, 0.2) is 6.04 Å². The third-order valence-corrected chi connectivity index (χ3v) is 4.74. The van der Waals surface area contributed by atoms with E-state index in [-0.39, 0.29) is 6.42 Å². The van der Waals surface area contributed by atoms with Crippen LogP contribution in [0.15, 0.2) is 0 Å². The van der Waals surface area contributed by atoms with Crippen molar-refractivity contribution in [3.8, 4) is 0 Å². The molecule has 1 aliphatic heterocycles. The normalized spacial score (nSPS) is 19.1. The van der Waals surface area contributed by atoms with Gasteiger partial charge in [0.2, 0.25) is 23.6 Å². The zero-order chi connectivity index (χ0) is 24.4. The van der Waals surface area contributed by atoms with Crippen LogP contribution >= 0.6 is 0 Å². The summed E-state index contributed by atoms with van der Waals surface area (Å²) < 4.78 is 0. The zero-order valence-electron chi connectivity index (χ0n) is 17.5. The third kappa shape index (κ3) is 8.85. The first-order valence-electron chi connectivity index (χ1n) is 9.97. The van der Waals surface area contributed by atoms with Crippen LogP contribution < -0.4 is 27.0 Å². The molecule has 4 amide bonds. The van der Waals surface area contributed by atoms with Gasteiger partial charge in [-0.05, 0) is 32.7 Å². The number of rotatable bonds is 13. The molecule has 0 aromatic rings. The topological polar surface area (TPSA) is 237 Å². The van der Waals surface area contributed by atoms with Crippen molar-refractivity contribution in [2.24, 2.45) is 5.73 Å². The molecule has 32 heavy (non-hydrogen) atoms. The highest BCUT2D eigenvalue weighted by atomic mass is 16.4. The van der Waals surface area contributed by atoms with E-state index in [2.05, 4.69) is 16.0 Å². The minimum Gasteiger partial charge on any atom is -0.481 e. The Bertz CT molecular complexity index is 736. The number of hydrogen-bond acceptors (Lipinski definition) is 8. The van der Waals surface area contributed by atoms with E-state index in [9.17, 15) is 33.9 Å². The van der Waals surface area contributed by atoms with Crippen LogP contribution in [0.5, 0.6) is 0 Å². The fourth-order valence-electron chi connectivity index (χ4n) is 3.04. The van der Waals surface area contributed by atoms with Gasteiger partial charge in [0, 0.05) is 6.42 Å². The zero-order valence-corrected chi connectivity index (χ0v) is 17.5. The SMILES string of the molecule is CC(O)C(NC(=O)C(CC(N)=O)NC(=O)C(CCC(=O)O)NC(=O)C1CCCN1)C(=O)O. The Morgan fingerprint density at radius 2 is 1.66 bits per heavy atom. The van der Waals surface area contributed by atoms with E-state index < -0.39 is 78.7 Å². The summed E-state index contributed by atoms with van der Waals surface area (Å²) >= 11 is 0. The van der Waals surface area contributed by atoms with Crippen LogP contribution in [0.25, 0.3) is 0 Å². The number of amides is 4. The number of aliphatic carboxylic acids is 2. The quantitative estimate of drug-likeness (QED) is 0.135. The summed E-state index contributed by atoms with van der Waals surface area (Å²) in [6.07, 6.45) is -1.67. The smallest absolute Gasteiger partial charge is 0.328 e.